The first-order chi connectivity index (χ1) is 27.5. The fraction of sp³-hybridized carbons (Fsp3) is 0.429. The lowest BCUT2D eigenvalue weighted by Crippen LogP contribution is -2.49. The number of benzene rings is 2. The Kier molecular flexibility index (Phi) is 16.5. The molecule has 0 spiro atoms. The van der Waals surface area contributed by atoms with E-state index >= 15 is 0 Å². The maximum absolute atomic E-state index is 12.9. The van der Waals surface area contributed by atoms with Crippen molar-refractivity contribution in [2.45, 2.75) is 54.0 Å². The highest BCUT2D eigenvalue weighted by atomic mass is 35.5. The Bertz CT molecular complexity index is 2240. The highest BCUT2D eigenvalue weighted by molar-refractivity contribution is 6.83. The van der Waals surface area contributed by atoms with Crippen molar-refractivity contribution < 1.29 is 19.1 Å². The molecule has 0 bridgehead atoms. The van der Waals surface area contributed by atoms with Crippen LogP contribution in [0.5, 0.6) is 11.5 Å². The van der Waals surface area contributed by atoms with E-state index in [0.717, 1.165) is 43.2 Å². The second-order valence-electron chi connectivity index (χ2n) is 14.8. The number of methoxy groups -OCH3 is 2. The zero-order valence-corrected chi connectivity index (χ0v) is 37.9. The zero-order valence-electron chi connectivity index (χ0n) is 33.8. The highest BCUT2D eigenvalue weighted by Gasteiger charge is 2.25. The molecule has 0 N–H and O–H groups in total. The summed E-state index contributed by atoms with van der Waals surface area (Å²) < 4.78 is 13.8. The summed E-state index contributed by atoms with van der Waals surface area (Å²) in [6, 6.07) is 11.4. The van der Waals surface area contributed by atoms with Gasteiger partial charge in [-0.05, 0) is 44.0 Å². The molecule has 0 atom stereocenters. The van der Waals surface area contributed by atoms with E-state index in [1.807, 2.05) is 53.1 Å². The summed E-state index contributed by atoms with van der Waals surface area (Å²) >= 11 is 24.8. The normalized spacial score (nSPS) is 14.0. The summed E-state index contributed by atoms with van der Waals surface area (Å²) in [6.07, 6.45) is 5.38. The van der Waals surface area contributed by atoms with Crippen LogP contribution >= 0.6 is 46.4 Å². The quantitative estimate of drug-likeness (QED) is 0.132. The number of amides is 2. The number of terminal acetylenes is 1. The zero-order chi connectivity index (χ0) is 42.3. The van der Waals surface area contributed by atoms with Crippen LogP contribution in [0.4, 0.5) is 11.4 Å². The Labute approximate surface area is 369 Å². The van der Waals surface area contributed by atoms with Crippen molar-refractivity contribution in [1.29, 1.82) is 0 Å². The number of rotatable bonds is 8. The van der Waals surface area contributed by atoms with Crippen LogP contribution < -0.4 is 19.3 Å². The fourth-order valence-electron chi connectivity index (χ4n) is 6.35. The Balaban J connectivity index is 0.000000259. The largest absolute Gasteiger partial charge is 0.495 e. The molecular weight excluding hydrogens is 850 g/mol. The summed E-state index contributed by atoms with van der Waals surface area (Å²) in [5.41, 5.74) is 7.72. The Morgan fingerprint density at radius 3 is 1.44 bits per heavy atom. The van der Waals surface area contributed by atoms with Gasteiger partial charge in [0.1, 0.15) is 32.7 Å². The maximum atomic E-state index is 12.9. The molecule has 0 saturated carbocycles. The molecule has 0 radical (unpaired) electrons. The van der Waals surface area contributed by atoms with E-state index in [2.05, 4.69) is 57.0 Å². The molecule has 2 saturated heterocycles. The van der Waals surface area contributed by atoms with E-state index in [1.54, 1.807) is 30.5 Å². The van der Waals surface area contributed by atoms with Gasteiger partial charge in [-0.25, -0.2) is 0 Å². The summed E-state index contributed by atoms with van der Waals surface area (Å²) in [7, 11) is 1.66. The SMILES string of the molecule is C.C#Cc1nn(CC(=O)N2CCN(c3ccc(Cl)c(OC)c3)CC2)c(C)c1Cl.COc1cc(N2CCN(C(=O)Cn3nc(C#C[Si](C)(C)C)c(Cl)c3C)CC2)ccc1Cl. The molecule has 2 aromatic carbocycles. The van der Waals surface area contributed by atoms with Gasteiger partial charge in [0.2, 0.25) is 11.8 Å². The molecule has 59 heavy (non-hydrogen) atoms. The number of carbonyl (C=O) groups excluding carboxylic acids is 2. The monoisotopic (exact) mass is 900 g/mol. The van der Waals surface area contributed by atoms with Crippen LogP contribution in [0.3, 0.4) is 0 Å². The van der Waals surface area contributed by atoms with Gasteiger partial charge in [-0.15, -0.1) is 12.0 Å². The molecule has 316 valence electrons. The van der Waals surface area contributed by atoms with Gasteiger partial charge in [0.05, 0.1) is 45.7 Å². The predicted octanol–water partition coefficient (Wildman–Crippen LogP) is 7.56. The molecule has 6 rings (SSSR count). The van der Waals surface area contributed by atoms with Crippen molar-refractivity contribution >= 4 is 77.7 Å². The third-order valence-electron chi connectivity index (χ3n) is 9.79. The van der Waals surface area contributed by atoms with E-state index in [4.69, 9.17) is 62.3 Å². The number of aromatic nitrogens is 4. The van der Waals surface area contributed by atoms with Crippen LogP contribution in [0.1, 0.15) is 30.2 Å². The van der Waals surface area contributed by atoms with Crippen LogP contribution in [0.2, 0.25) is 39.7 Å². The highest BCUT2D eigenvalue weighted by Crippen LogP contribution is 2.31. The van der Waals surface area contributed by atoms with Crippen LogP contribution in [0.25, 0.3) is 0 Å². The second-order valence-corrected chi connectivity index (χ2v) is 21.1. The molecule has 4 heterocycles. The number of anilines is 2. The minimum atomic E-state index is -1.54. The Morgan fingerprint density at radius 2 is 1.08 bits per heavy atom. The number of hydrogen-bond donors (Lipinski definition) is 0. The van der Waals surface area contributed by atoms with Crippen molar-refractivity contribution in [3.05, 3.63) is 79.3 Å². The molecule has 17 heteroatoms. The van der Waals surface area contributed by atoms with E-state index in [0.29, 0.717) is 74.9 Å². The van der Waals surface area contributed by atoms with Crippen LogP contribution in [0.15, 0.2) is 36.4 Å². The molecule has 0 aliphatic carbocycles. The lowest BCUT2D eigenvalue weighted by Gasteiger charge is -2.36. The minimum Gasteiger partial charge on any atom is -0.495 e. The number of hydrogen-bond acceptors (Lipinski definition) is 8. The summed E-state index contributed by atoms with van der Waals surface area (Å²) in [5, 5.41) is 10.8. The van der Waals surface area contributed by atoms with Crippen LogP contribution in [-0.4, -0.2) is 116 Å². The number of ether oxygens (including phenoxy) is 2. The van der Waals surface area contributed by atoms with Gasteiger partial charge in [-0.1, -0.05) is 79.4 Å². The smallest absolute Gasteiger partial charge is 0.244 e. The average molecular weight is 903 g/mol. The van der Waals surface area contributed by atoms with Gasteiger partial charge in [0.15, 0.2) is 11.4 Å². The van der Waals surface area contributed by atoms with E-state index in [-0.39, 0.29) is 32.3 Å². The molecule has 0 unspecified atom stereocenters. The predicted molar refractivity (Wildman–Crippen MR) is 242 cm³/mol. The third kappa shape index (κ3) is 11.8. The van der Waals surface area contributed by atoms with E-state index in [1.165, 1.54) is 0 Å². The fourth-order valence-corrected chi connectivity index (χ4v) is 7.61. The maximum Gasteiger partial charge on any atom is 0.244 e. The molecule has 2 aliphatic rings. The van der Waals surface area contributed by atoms with Crippen molar-refractivity contribution in [2.75, 3.05) is 76.4 Å². The standard InChI is InChI=1S/C22H28Cl2N4O2Si.C19H20Cl2N4O2.CH4/c1-16-22(24)19(8-13-31(3,4)5)25-28(16)15-21(29)27-11-9-26(10-12-27)17-6-7-18(23)20(14-17)30-2;1-4-16-19(21)13(2)25(22-16)12-18(26)24-9-7-23(8-10-24)14-5-6-15(20)17(11-14)27-3;/h6-7,14H,9-12,15H2,1-5H3;1,5-6,11H,7-10,12H2,2-3H3;1H4. The van der Waals surface area contributed by atoms with Gasteiger partial charge in [-0.2, -0.15) is 10.2 Å². The Hall–Kier alpha value is -4.50. The Morgan fingerprint density at radius 1 is 0.695 bits per heavy atom. The molecule has 2 aromatic heterocycles. The molecule has 2 fully saturated rings. The summed E-state index contributed by atoms with van der Waals surface area (Å²) in [6.45, 7) is 15.9. The van der Waals surface area contributed by atoms with Gasteiger partial charge in [0, 0.05) is 75.9 Å². The molecule has 2 amide bonds. The number of halogens is 4. The van der Waals surface area contributed by atoms with Gasteiger partial charge >= 0.3 is 0 Å². The average Bonchev–Trinajstić information content (AvgIpc) is 3.64. The molecule has 2 aliphatic heterocycles. The van der Waals surface area contributed by atoms with Crippen molar-refractivity contribution in [1.82, 2.24) is 29.4 Å². The van der Waals surface area contributed by atoms with Gasteiger partial charge < -0.3 is 29.1 Å². The molecule has 4 aromatic rings. The number of nitrogens with zero attached hydrogens (tertiary/aromatic N) is 8. The topological polar surface area (TPSA) is 101 Å². The van der Waals surface area contributed by atoms with E-state index in [9.17, 15) is 9.59 Å². The van der Waals surface area contributed by atoms with Crippen molar-refractivity contribution in [2.24, 2.45) is 0 Å². The summed E-state index contributed by atoms with van der Waals surface area (Å²) in [4.78, 5) is 33.6. The minimum absolute atomic E-state index is 0. The first-order valence-electron chi connectivity index (χ1n) is 18.7. The van der Waals surface area contributed by atoms with E-state index < -0.39 is 8.07 Å². The van der Waals surface area contributed by atoms with Crippen LogP contribution in [0, 0.1) is 37.7 Å². The second kappa shape index (κ2) is 20.6. The van der Waals surface area contributed by atoms with Gasteiger partial charge in [0.25, 0.3) is 0 Å². The first-order valence-corrected chi connectivity index (χ1v) is 23.7. The lowest BCUT2D eigenvalue weighted by molar-refractivity contribution is -0.133. The number of carbonyl (C=O) groups is 2. The molecule has 12 nitrogen and oxygen atoms in total. The third-order valence-corrected chi connectivity index (χ3v) is 12.2. The molecular formula is C42H52Cl4N8O4Si. The number of piperazine rings is 2. The summed E-state index contributed by atoms with van der Waals surface area (Å²) in [5.74, 6) is 6.85. The van der Waals surface area contributed by atoms with Gasteiger partial charge in [-0.3, -0.25) is 19.0 Å². The first kappa shape index (κ1) is 47.2. The van der Waals surface area contributed by atoms with Crippen molar-refractivity contribution in [3.63, 3.8) is 0 Å². The lowest BCUT2D eigenvalue weighted by atomic mass is 10.2. The van der Waals surface area contributed by atoms with Crippen molar-refractivity contribution in [3.8, 4) is 35.3 Å². The van der Waals surface area contributed by atoms with Crippen LogP contribution in [-0.2, 0) is 22.7 Å².